The number of aromatic nitrogens is 1. The molecule has 98 valence electrons. The average molecular weight is 276 g/mol. The zero-order valence-electron chi connectivity index (χ0n) is 10.00. The third kappa shape index (κ3) is 3.62. The molecule has 1 aromatic carbocycles. The predicted octanol–water partition coefficient (Wildman–Crippen LogP) is 1.70. The van der Waals surface area contributed by atoms with E-state index in [1.807, 2.05) is 5.38 Å². The van der Waals surface area contributed by atoms with Gasteiger partial charge in [0.1, 0.15) is 0 Å². The molecule has 0 saturated heterocycles. The Bertz CT molecular complexity index is 581. The number of carboxylic acids is 1. The molecule has 2 rings (SSSR count). The van der Waals surface area contributed by atoms with E-state index in [0.717, 1.165) is 5.69 Å². The Hall–Kier alpha value is -2.21. The number of thiazole rings is 1. The number of carbonyl (C=O) groups excluding carboxylic acids is 1. The van der Waals surface area contributed by atoms with Gasteiger partial charge in [-0.15, -0.1) is 11.3 Å². The Kier molecular flexibility index (Phi) is 4.25. The fourth-order valence-electron chi connectivity index (χ4n) is 1.65. The number of aliphatic carboxylic acids is 1. The molecule has 1 heterocycles. The van der Waals surface area contributed by atoms with Crippen LogP contribution in [0.2, 0.25) is 0 Å². The highest BCUT2D eigenvalue weighted by atomic mass is 32.1. The molecule has 6 heteroatoms. The fraction of sp³-hybridized carbons (Fsp3) is 0.154. The van der Waals surface area contributed by atoms with Crippen molar-refractivity contribution in [3.05, 3.63) is 52.0 Å². The molecule has 5 nitrogen and oxygen atoms in total. The summed E-state index contributed by atoms with van der Waals surface area (Å²) in [6, 6.07) is 6.69. The van der Waals surface area contributed by atoms with Crippen molar-refractivity contribution >= 4 is 23.2 Å². The van der Waals surface area contributed by atoms with Gasteiger partial charge in [0.15, 0.2) is 0 Å². The van der Waals surface area contributed by atoms with Crippen LogP contribution in [0.25, 0.3) is 0 Å². The lowest BCUT2D eigenvalue weighted by atomic mass is 10.0. The average Bonchev–Trinajstić information content (AvgIpc) is 2.89. The molecule has 0 unspecified atom stereocenters. The first-order chi connectivity index (χ1) is 9.16. The lowest BCUT2D eigenvalue weighted by Crippen LogP contribution is -2.24. The van der Waals surface area contributed by atoms with Crippen molar-refractivity contribution in [1.29, 1.82) is 0 Å². The van der Waals surface area contributed by atoms with Crippen molar-refractivity contribution in [3.63, 3.8) is 0 Å². The summed E-state index contributed by atoms with van der Waals surface area (Å²) in [5.41, 5.74) is 3.37. The molecule has 19 heavy (non-hydrogen) atoms. The summed E-state index contributed by atoms with van der Waals surface area (Å²) >= 11 is 1.46. The number of carboxylic acid groups (broad SMARTS) is 1. The van der Waals surface area contributed by atoms with Crippen LogP contribution in [0.1, 0.15) is 21.6 Å². The highest BCUT2D eigenvalue weighted by Crippen LogP contribution is 2.10. The monoisotopic (exact) mass is 276 g/mol. The van der Waals surface area contributed by atoms with Gasteiger partial charge in [0.25, 0.3) is 5.91 Å². The standard InChI is InChI=1S/C13H12N2O3S/c16-12(17)5-9-3-1-2-4-11(9)13(18)14-6-10-7-19-8-15-10/h1-4,7-8H,5-6H2,(H,14,18)(H,16,17). The molecule has 0 spiro atoms. The summed E-state index contributed by atoms with van der Waals surface area (Å²) in [6.45, 7) is 0.337. The van der Waals surface area contributed by atoms with Crippen molar-refractivity contribution in [2.45, 2.75) is 13.0 Å². The summed E-state index contributed by atoms with van der Waals surface area (Å²) in [6.07, 6.45) is -0.166. The van der Waals surface area contributed by atoms with Crippen LogP contribution in [0, 0.1) is 0 Å². The summed E-state index contributed by atoms with van der Waals surface area (Å²) in [7, 11) is 0. The quantitative estimate of drug-likeness (QED) is 0.871. The number of benzene rings is 1. The predicted molar refractivity (Wildman–Crippen MR) is 71.1 cm³/mol. The van der Waals surface area contributed by atoms with E-state index in [1.54, 1.807) is 29.8 Å². The summed E-state index contributed by atoms with van der Waals surface area (Å²) in [5.74, 6) is -1.25. The number of hydrogen-bond acceptors (Lipinski definition) is 4. The van der Waals surface area contributed by atoms with E-state index < -0.39 is 5.97 Å². The number of hydrogen-bond donors (Lipinski definition) is 2. The second-order valence-corrected chi connectivity index (χ2v) is 4.61. The lowest BCUT2D eigenvalue weighted by molar-refractivity contribution is -0.136. The van der Waals surface area contributed by atoms with E-state index in [4.69, 9.17) is 5.11 Å². The van der Waals surface area contributed by atoms with E-state index in [-0.39, 0.29) is 12.3 Å². The van der Waals surface area contributed by atoms with E-state index in [9.17, 15) is 9.59 Å². The first-order valence-corrected chi connectivity index (χ1v) is 6.56. The summed E-state index contributed by atoms with van der Waals surface area (Å²) in [4.78, 5) is 26.8. The molecule has 0 bridgehead atoms. The van der Waals surface area contributed by atoms with Gasteiger partial charge in [0.2, 0.25) is 0 Å². The van der Waals surface area contributed by atoms with Crippen molar-refractivity contribution in [2.75, 3.05) is 0 Å². The highest BCUT2D eigenvalue weighted by Gasteiger charge is 2.12. The van der Waals surface area contributed by atoms with Crippen molar-refractivity contribution in [1.82, 2.24) is 10.3 Å². The summed E-state index contributed by atoms with van der Waals surface area (Å²) < 4.78 is 0. The minimum Gasteiger partial charge on any atom is -0.481 e. The van der Waals surface area contributed by atoms with Gasteiger partial charge in [-0.25, -0.2) is 4.98 Å². The van der Waals surface area contributed by atoms with Crippen LogP contribution in [-0.4, -0.2) is 22.0 Å². The Labute approximate surface area is 113 Å². The Morgan fingerprint density at radius 3 is 2.79 bits per heavy atom. The molecule has 0 saturated carbocycles. The Balaban J connectivity index is 2.08. The normalized spacial score (nSPS) is 10.1. The first kappa shape index (κ1) is 13.2. The van der Waals surface area contributed by atoms with Crippen LogP contribution in [0.5, 0.6) is 0 Å². The van der Waals surface area contributed by atoms with Gasteiger partial charge in [-0.3, -0.25) is 9.59 Å². The second kappa shape index (κ2) is 6.10. The first-order valence-electron chi connectivity index (χ1n) is 5.62. The fourth-order valence-corrected chi connectivity index (χ4v) is 2.21. The lowest BCUT2D eigenvalue weighted by Gasteiger charge is -2.07. The molecule has 0 radical (unpaired) electrons. The minimum atomic E-state index is -0.959. The van der Waals surface area contributed by atoms with Crippen LogP contribution >= 0.6 is 11.3 Å². The van der Waals surface area contributed by atoms with Crippen LogP contribution in [-0.2, 0) is 17.8 Å². The SMILES string of the molecule is O=C(O)Cc1ccccc1C(=O)NCc1cscn1. The Morgan fingerprint density at radius 2 is 2.11 bits per heavy atom. The van der Waals surface area contributed by atoms with Crippen LogP contribution in [0.4, 0.5) is 0 Å². The molecule has 1 amide bonds. The van der Waals surface area contributed by atoms with Crippen molar-refractivity contribution in [2.24, 2.45) is 0 Å². The molecular formula is C13H12N2O3S. The maximum atomic E-state index is 12.0. The van der Waals surface area contributed by atoms with Crippen LogP contribution in [0.15, 0.2) is 35.2 Å². The van der Waals surface area contributed by atoms with E-state index in [2.05, 4.69) is 10.3 Å². The molecule has 0 aliphatic heterocycles. The highest BCUT2D eigenvalue weighted by molar-refractivity contribution is 7.07. The van der Waals surface area contributed by atoms with Crippen LogP contribution < -0.4 is 5.32 Å². The maximum Gasteiger partial charge on any atom is 0.307 e. The molecule has 0 atom stereocenters. The van der Waals surface area contributed by atoms with E-state index in [0.29, 0.717) is 17.7 Å². The van der Waals surface area contributed by atoms with Gasteiger partial charge in [0.05, 0.1) is 24.2 Å². The molecule has 2 N–H and O–H groups in total. The van der Waals surface area contributed by atoms with Crippen molar-refractivity contribution < 1.29 is 14.7 Å². The zero-order valence-corrected chi connectivity index (χ0v) is 10.8. The third-order valence-electron chi connectivity index (χ3n) is 2.52. The van der Waals surface area contributed by atoms with Gasteiger partial charge < -0.3 is 10.4 Å². The molecule has 1 aromatic heterocycles. The minimum absolute atomic E-state index is 0.166. The van der Waals surface area contributed by atoms with Gasteiger partial charge in [0, 0.05) is 10.9 Å². The van der Waals surface area contributed by atoms with Gasteiger partial charge >= 0.3 is 5.97 Å². The van der Waals surface area contributed by atoms with Gasteiger partial charge in [-0.2, -0.15) is 0 Å². The number of amides is 1. The Morgan fingerprint density at radius 1 is 1.32 bits per heavy atom. The van der Waals surface area contributed by atoms with Gasteiger partial charge in [-0.1, -0.05) is 18.2 Å². The second-order valence-electron chi connectivity index (χ2n) is 3.89. The summed E-state index contributed by atoms with van der Waals surface area (Å²) in [5, 5.41) is 13.4. The maximum absolute atomic E-state index is 12.0. The van der Waals surface area contributed by atoms with E-state index in [1.165, 1.54) is 11.3 Å². The smallest absolute Gasteiger partial charge is 0.307 e. The van der Waals surface area contributed by atoms with Crippen LogP contribution in [0.3, 0.4) is 0 Å². The number of nitrogens with zero attached hydrogens (tertiary/aromatic N) is 1. The topological polar surface area (TPSA) is 79.3 Å². The van der Waals surface area contributed by atoms with E-state index >= 15 is 0 Å². The number of rotatable bonds is 5. The number of carbonyl (C=O) groups is 2. The number of nitrogens with one attached hydrogen (secondary N) is 1. The zero-order chi connectivity index (χ0) is 13.7. The third-order valence-corrected chi connectivity index (χ3v) is 3.15. The largest absolute Gasteiger partial charge is 0.481 e. The molecule has 0 fully saturated rings. The van der Waals surface area contributed by atoms with Crippen molar-refractivity contribution in [3.8, 4) is 0 Å². The molecular weight excluding hydrogens is 264 g/mol. The molecule has 0 aliphatic carbocycles. The molecule has 2 aromatic rings. The van der Waals surface area contributed by atoms with Gasteiger partial charge in [-0.05, 0) is 11.6 Å². The molecule has 0 aliphatic rings.